The third-order valence-corrected chi connectivity index (χ3v) is 4.56. The zero-order chi connectivity index (χ0) is 20.1. The van der Waals surface area contributed by atoms with Crippen LogP contribution in [-0.4, -0.2) is 68.1 Å². The zero-order valence-electron chi connectivity index (χ0n) is 17.2. The Morgan fingerprint density at radius 3 is 2.11 bits per heavy atom. The van der Waals surface area contributed by atoms with Gasteiger partial charge in [0.25, 0.3) is 5.91 Å². The molecule has 0 aliphatic carbocycles. The Balaban J connectivity index is 2.67. The van der Waals surface area contributed by atoms with Crippen molar-refractivity contribution in [3.8, 4) is 5.75 Å². The maximum atomic E-state index is 12.9. The largest absolute Gasteiger partial charge is 0.497 e. The summed E-state index contributed by atoms with van der Waals surface area (Å²) in [6.07, 6.45) is 2.14. The molecule has 152 valence electrons. The van der Waals surface area contributed by atoms with Crippen LogP contribution in [0.5, 0.6) is 5.75 Å². The van der Waals surface area contributed by atoms with Gasteiger partial charge in [0.05, 0.1) is 20.1 Å². The first kappa shape index (κ1) is 23.0. The van der Waals surface area contributed by atoms with Gasteiger partial charge in [-0.25, -0.2) is 0 Å². The molecule has 0 aliphatic rings. The van der Waals surface area contributed by atoms with Gasteiger partial charge in [-0.2, -0.15) is 0 Å². The molecule has 0 bridgehead atoms. The summed E-state index contributed by atoms with van der Waals surface area (Å²) in [4.78, 5) is 28.7. The van der Waals surface area contributed by atoms with Crippen molar-refractivity contribution in [2.45, 2.75) is 40.0 Å². The van der Waals surface area contributed by atoms with E-state index in [1.54, 1.807) is 43.2 Å². The number of ether oxygens (including phenoxy) is 2. The van der Waals surface area contributed by atoms with Crippen LogP contribution in [0.25, 0.3) is 0 Å². The van der Waals surface area contributed by atoms with E-state index in [1.807, 2.05) is 0 Å². The Labute approximate surface area is 163 Å². The highest BCUT2D eigenvalue weighted by molar-refractivity contribution is 5.94. The van der Waals surface area contributed by atoms with E-state index in [-0.39, 0.29) is 18.3 Å². The molecule has 0 fully saturated rings. The molecule has 0 spiro atoms. The number of unbranched alkanes of at least 4 members (excludes halogenated alkanes) is 1. The van der Waals surface area contributed by atoms with E-state index in [1.165, 1.54) is 0 Å². The highest BCUT2D eigenvalue weighted by Crippen LogP contribution is 2.14. The molecule has 0 unspecified atom stereocenters. The van der Waals surface area contributed by atoms with E-state index in [0.717, 1.165) is 32.5 Å². The smallest absolute Gasteiger partial charge is 0.307 e. The first-order valence-corrected chi connectivity index (χ1v) is 9.86. The van der Waals surface area contributed by atoms with Crippen LogP contribution in [0.2, 0.25) is 0 Å². The van der Waals surface area contributed by atoms with E-state index in [0.29, 0.717) is 31.0 Å². The lowest BCUT2D eigenvalue weighted by Crippen LogP contribution is -2.34. The Morgan fingerprint density at radius 2 is 1.56 bits per heavy atom. The number of nitrogens with zero attached hydrogens (tertiary/aromatic N) is 2. The van der Waals surface area contributed by atoms with Crippen LogP contribution in [0.4, 0.5) is 0 Å². The van der Waals surface area contributed by atoms with Gasteiger partial charge in [0.1, 0.15) is 5.75 Å². The molecule has 1 aromatic carbocycles. The fraction of sp³-hybridized carbons (Fsp3) is 0.619. The number of amides is 1. The summed E-state index contributed by atoms with van der Waals surface area (Å²) in [6, 6.07) is 7.07. The predicted octanol–water partition coefficient (Wildman–Crippen LogP) is 3.21. The second kappa shape index (κ2) is 13.1. The summed E-state index contributed by atoms with van der Waals surface area (Å²) in [6.45, 7) is 10.5. The van der Waals surface area contributed by atoms with Crippen molar-refractivity contribution in [1.82, 2.24) is 9.80 Å². The number of methoxy groups -OCH3 is 1. The second-order valence-electron chi connectivity index (χ2n) is 6.31. The Kier molecular flexibility index (Phi) is 11.2. The Hall–Kier alpha value is -2.08. The number of hydrogen-bond donors (Lipinski definition) is 0. The second-order valence-corrected chi connectivity index (χ2v) is 6.31. The summed E-state index contributed by atoms with van der Waals surface area (Å²) >= 11 is 0. The van der Waals surface area contributed by atoms with Crippen molar-refractivity contribution in [2.24, 2.45) is 0 Å². The molecule has 0 aromatic heterocycles. The number of benzene rings is 1. The molecule has 6 nitrogen and oxygen atoms in total. The van der Waals surface area contributed by atoms with Crippen molar-refractivity contribution < 1.29 is 19.1 Å². The molecule has 1 aromatic rings. The van der Waals surface area contributed by atoms with E-state index in [4.69, 9.17) is 9.47 Å². The Morgan fingerprint density at radius 1 is 0.926 bits per heavy atom. The summed E-state index contributed by atoms with van der Waals surface area (Å²) in [5.41, 5.74) is 0.600. The number of carbonyl (C=O) groups is 2. The SMILES string of the molecule is CCOC(=O)CCN(CCCCN(CC)CC)C(=O)c1ccc(OC)cc1. The van der Waals surface area contributed by atoms with Crippen molar-refractivity contribution in [1.29, 1.82) is 0 Å². The van der Waals surface area contributed by atoms with E-state index in [2.05, 4.69) is 18.7 Å². The predicted molar refractivity (Wildman–Crippen MR) is 107 cm³/mol. The minimum absolute atomic E-state index is 0.0650. The van der Waals surface area contributed by atoms with Crippen molar-refractivity contribution >= 4 is 11.9 Å². The molecular weight excluding hydrogens is 344 g/mol. The standard InChI is InChI=1S/C21H34N2O4/c1-5-22(6-2)15-8-9-16-23(17-14-20(24)27-7-3)21(25)18-10-12-19(26-4)13-11-18/h10-13H,5-9,14-17H2,1-4H3. The van der Waals surface area contributed by atoms with Crippen molar-refractivity contribution in [2.75, 3.05) is 46.4 Å². The van der Waals surface area contributed by atoms with Gasteiger partial charge in [-0.3, -0.25) is 9.59 Å². The molecule has 0 radical (unpaired) electrons. The van der Waals surface area contributed by atoms with Gasteiger partial charge >= 0.3 is 5.97 Å². The Bertz CT molecular complexity index is 556. The van der Waals surface area contributed by atoms with Gasteiger partial charge in [0.2, 0.25) is 0 Å². The highest BCUT2D eigenvalue weighted by atomic mass is 16.5. The van der Waals surface area contributed by atoms with Gasteiger partial charge in [-0.1, -0.05) is 13.8 Å². The fourth-order valence-electron chi connectivity index (χ4n) is 2.87. The van der Waals surface area contributed by atoms with E-state index >= 15 is 0 Å². The summed E-state index contributed by atoms with van der Waals surface area (Å²) in [5, 5.41) is 0. The third kappa shape index (κ3) is 8.43. The molecule has 0 N–H and O–H groups in total. The minimum Gasteiger partial charge on any atom is -0.497 e. The lowest BCUT2D eigenvalue weighted by atomic mass is 10.1. The highest BCUT2D eigenvalue weighted by Gasteiger charge is 2.17. The fourth-order valence-corrected chi connectivity index (χ4v) is 2.87. The molecule has 27 heavy (non-hydrogen) atoms. The van der Waals surface area contributed by atoms with Gasteiger partial charge in [-0.05, 0) is 63.7 Å². The number of carbonyl (C=O) groups excluding carboxylic acids is 2. The monoisotopic (exact) mass is 378 g/mol. The molecule has 6 heteroatoms. The third-order valence-electron chi connectivity index (χ3n) is 4.56. The maximum absolute atomic E-state index is 12.9. The lowest BCUT2D eigenvalue weighted by molar-refractivity contribution is -0.143. The molecule has 0 saturated heterocycles. The van der Waals surface area contributed by atoms with Crippen LogP contribution in [0.3, 0.4) is 0 Å². The first-order chi connectivity index (χ1) is 13.0. The van der Waals surface area contributed by atoms with Crippen LogP contribution in [0.15, 0.2) is 24.3 Å². The first-order valence-electron chi connectivity index (χ1n) is 9.86. The summed E-state index contributed by atoms with van der Waals surface area (Å²) in [7, 11) is 1.60. The molecule has 0 heterocycles. The van der Waals surface area contributed by atoms with Crippen LogP contribution >= 0.6 is 0 Å². The summed E-state index contributed by atoms with van der Waals surface area (Å²) < 4.78 is 10.1. The van der Waals surface area contributed by atoms with Gasteiger partial charge < -0.3 is 19.3 Å². The number of rotatable bonds is 13. The van der Waals surface area contributed by atoms with Crippen LogP contribution in [0, 0.1) is 0 Å². The van der Waals surface area contributed by atoms with E-state index < -0.39 is 0 Å². The lowest BCUT2D eigenvalue weighted by Gasteiger charge is -2.24. The molecule has 1 rings (SSSR count). The van der Waals surface area contributed by atoms with E-state index in [9.17, 15) is 9.59 Å². The van der Waals surface area contributed by atoms with Crippen LogP contribution in [-0.2, 0) is 9.53 Å². The minimum atomic E-state index is -0.270. The topological polar surface area (TPSA) is 59.1 Å². The number of hydrogen-bond acceptors (Lipinski definition) is 5. The van der Waals surface area contributed by atoms with Gasteiger partial charge in [0.15, 0.2) is 0 Å². The molecule has 1 amide bonds. The van der Waals surface area contributed by atoms with Gasteiger partial charge in [0, 0.05) is 18.7 Å². The average Bonchev–Trinajstić information content (AvgIpc) is 2.70. The van der Waals surface area contributed by atoms with Crippen molar-refractivity contribution in [3.05, 3.63) is 29.8 Å². The zero-order valence-corrected chi connectivity index (χ0v) is 17.2. The molecule has 0 saturated carbocycles. The van der Waals surface area contributed by atoms with Gasteiger partial charge in [-0.15, -0.1) is 0 Å². The number of esters is 1. The van der Waals surface area contributed by atoms with Crippen molar-refractivity contribution in [3.63, 3.8) is 0 Å². The average molecular weight is 379 g/mol. The van der Waals surface area contributed by atoms with Crippen LogP contribution in [0.1, 0.15) is 50.4 Å². The summed E-state index contributed by atoms with van der Waals surface area (Å²) in [5.74, 6) is 0.377. The molecule has 0 atom stereocenters. The maximum Gasteiger partial charge on any atom is 0.307 e. The van der Waals surface area contributed by atoms with Crippen LogP contribution < -0.4 is 4.74 Å². The molecule has 0 aliphatic heterocycles. The quantitative estimate of drug-likeness (QED) is 0.390. The molecular formula is C21H34N2O4. The normalized spacial score (nSPS) is 10.7.